The molecule has 3 aliphatic rings. The molecule has 0 spiro atoms. The first kappa shape index (κ1) is 21.2. The van der Waals surface area contributed by atoms with Gasteiger partial charge in [0.2, 0.25) is 0 Å². The predicted octanol–water partition coefficient (Wildman–Crippen LogP) is 4.73. The number of allylic oxidation sites excluding steroid dienone is 3. The van der Waals surface area contributed by atoms with Crippen molar-refractivity contribution in [2.45, 2.75) is 57.5 Å². The number of hydrogen-bond acceptors (Lipinski definition) is 7. The van der Waals surface area contributed by atoms with Crippen LogP contribution in [0.5, 0.6) is 0 Å². The van der Waals surface area contributed by atoms with E-state index in [-0.39, 0.29) is 30.4 Å². The molecule has 0 aromatic carbocycles. The van der Waals surface area contributed by atoms with Crippen LogP contribution in [0.4, 0.5) is 0 Å². The number of rotatable bonds is 5. The highest BCUT2D eigenvalue weighted by Crippen LogP contribution is 2.47. The lowest BCUT2D eigenvalue weighted by Gasteiger charge is -2.35. The number of ether oxygens (including phenoxy) is 2. The lowest BCUT2D eigenvalue weighted by atomic mass is 9.74. The predicted molar refractivity (Wildman–Crippen MR) is 120 cm³/mol. The minimum Gasteiger partial charge on any atom is -0.469 e. The van der Waals surface area contributed by atoms with Crippen molar-refractivity contribution < 1.29 is 23.5 Å². The standard InChI is InChI=1S/C25H27NO5S/c1-14-7-8-21(32-14)24-22(25(28)31-13-17-5-3-9-29-17)15(2)26-18-11-16(12-19(27)23(18)24)20-6-4-10-30-20/h4,6-8,10,16-17,24,26H,3,5,9,11-13H2,1-2H3/t16-,17+,24-/m0/s1. The van der Waals surface area contributed by atoms with E-state index in [0.29, 0.717) is 30.6 Å². The molecule has 0 unspecified atom stereocenters. The lowest BCUT2D eigenvalue weighted by Crippen LogP contribution is -2.36. The largest absolute Gasteiger partial charge is 0.469 e. The van der Waals surface area contributed by atoms with Gasteiger partial charge < -0.3 is 19.2 Å². The molecule has 3 atom stereocenters. The SMILES string of the molecule is CC1=C(C(=O)OC[C@H]2CCCO2)[C@H](c2ccc(C)s2)C2=C(C[C@H](c3ccco3)CC2=O)N1. The first-order valence-corrected chi connectivity index (χ1v) is 12.0. The molecule has 2 aromatic heterocycles. The Hall–Kier alpha value is -2.64. The summed E-state index contributed by atoms with van der Waals surface area (Å²) >= 11 is 1.62. The van der Waals surface area contributed by atoms with E-state index in [2.05, 4.69) is 5.32 Å². The number of nitrogens with one attached hydrogen (secondary N) is 1. The lowest BCUT2D eigenvalue weighted by molar-refractivity contribution is -0.142. The van der Waals surface area contributed by atoms with Crippen LogP contribution < -0.4 is 5.32 Å². The third kappa shape index (κ3) is 3.95. The number of esters is 1. The second-order valence-electron chi connectivity index (χ2n) is 8.71. The smallest absolute Gasteiger partial charge is 0.336 e. The fraction of sp³-hybridized carbons (Fsp3) is 0.440. The summed E-state index contributed by atoms with van der Waals surface area (Å²) in [7, 11) is 0. The van der Waals surface area contributed by atoms with Gasteiger partial charge in [0.1, 0.15) is 12.4 Å². The number of thiophene rings is 1. The monoisotopic (exact) mass is 453 g/mol. The van der Waals surface area contributed by atoms with Crippen LogP contribution in [0.15, 0.2) is 57.5 Å². The van der Waals surface area contributed by atoms with E-state index in [9.17, 15) is 9.59 Å². The second kappa shape index (κ2) is 8.71. The number of ketones is 1. The molecule has 4 heterocycles. The Morgan fingerprint density at radius 3 is 2.81 bits per heavy atom. The molecule has 1 aliphatic carbocycles. The molecular weight excluding hydrogens is 426 g/mol. The maximum absolute atomic E-state index is 13.4. The van der Waals surface area contributed by atoms with Crippen LogP contribution in [0.25, 0.3) is 0 Å². The fourth-order valence-electron chi connectivity index (χ4n) is 4.95. The molecule has 7 heteroatoms. The molecule has 0 amide bonds. The van der Waals surface area contributed by atoms with Crippen molar-refractivity contribution in [2.75, 3.05) is 13.2 Å². The third-order valence-electron chi connectivity index (χ3n) is 6.46. The van der Waals surface area contributed by atoms with E-state index < -0.39 is 5.92 Å². The van der Waals surface area contributed by atoms with Gasteiger partial charge in [-0.1, -0.05) is 0 Å². The van der Waals surface area contributed by atoms with Crippen LogP contribution in [0.1, 0.15) is 60.0 Å². The highest BCUT2D eigenvalue weighted by atomic mass is 32.1. The summed E-state index contributed by atoms with van der Waals surface area (Å²) in [6, 6.07) is 7.82. The summed E-state index contributed by atoms with van der Waals surface area (Å²) in [5, 5.41) is 3.38. The van der Waals surface area contributed by atoms with Gasteiger partial charge in [-0.05, 0) is 57.4 Å². The summed E-state index contributed by atoms with van der Waals surface area (Å²) in [4.78, 5) is 28.8. The Morgan fingerprint density at radius 1 is 1.25 bits per heavy atom. The number of furan rings is 1. The van der Waals surface area contributed by atoms with Crippen molar-refractivity contribution in [3.63, 3.8) is 0 Å². The van der Waals surface area contributed by atoms with Gasteiger partial charge in [0.25, 0.3) is 0 Å². The number of Topliss-reactive ketones (excluding diaryl/α,β-unsaturated/α-hetero) is 1. The van der Waals surface area contributed by atoms with Crippen molar-refractivity contribution >= 4 is 23.1 Å². The molecule has 1 saturated heterocycles. The van der Waals surface area contributed by atoms with E-state index >= 15 is 0 Å². The van der Waals surface area contributed by atoms with E-state index in [1.165, 1.54) is 0 Å². The zero-order valence-electron chi connectivity index (χ0n) is 18.3. The Labute approximate surface area is 191 Å². The third-order valence-corrected chi connectivity index (χ3v) is 7.53. The maximum Gasteiger partial charge on any atom is 0.336 e. The van der Waals surface area contributed by atoms with Crippen LogP contribution in [0.3, 0.4) is 0 Å². The summed E-state index contributed by atoms with van der Waals surface area (Å²) in [5.41, 5.74) is 2.83. The minimum absolute atomic E-state index is 0.00436. The van der Waals surface area contributed by atoms with E-state index in [1.54, 1.807) is 17.6 Å². The molecule has 32 heavy (non-hydrogen) atoms. The maximum atomic E-state index is 13.4. The van der Waals surface area contributed by atoms with Crippen LogP contribution in [-0.2, 0) is 19.1 Å². The van der Waals surface area contributed by atoms with Crippen molar-refractivity contribution in [3.8, 4) is 0 Å². The van der Waals surface area contributed by atoms with Gasteiger partial charge in [-0.15, -0.1) is 11.3 Å². The Morgan fingerprint density at radius 2 is 2.12 bits per heavy atom. The van der Waals surface area contributed by atoms with Crippen LogP contribution in [0.2, 0.25) is 0 Å². The molecule has 5 rings (SSSR count). The van der Waals surface area contributed by atoms with E-state index in [1.807, 2.05) is 38.1 Å². The van der Waals surface area contributed by atoms with Gasteiger partial charge in [-0.25, -0.2) is 4.79 Å². The van der Waals surface area contributed by atoms with Gasteiger partial charge >= 0.3 is 5.97 Å². The molecule has 0 saturated carbocycles. The Bertz CT molecular complexity index is 1090. The molecule has 2 aromatic rings. The highest BCUT2D eigenvalue weighted by Gasteiger charge is 2.42. The summed E-state index contributed by atoms with van der Waals surface area (Å²) in [5.74, 6) is 0.0723. The molecule has 1 fully saturated rings. The average Bonchev–Trinajstić information content (AvgIpc) is 3.53. The van der Waals surface area contributed by atoms with Gasteiger partial charge in [0, 0.05) is 45.7 Å². The normalized spacial score (nSPS) is 25.7. The topological polar surface area (TPSA) is 77.8 Å². The van der Waals surface area contributed by atoms with Crippen molar-refractivity contribution in [1.82, 2.24) is 5.32 Å². The van der Waals surface area contributed by atoms with Crippen LogP contribution >= 0.6 is 11.3 Å². The van der Waals surface area contributed by atoms with Crippen LogP contribution in [-0.4, -0.2) is 31.1 Å². The zero-order chi connectivity index (χ0) is 22.2. The highest BCUT2D eigenvalue weighted by molar-refractivity contribution is 7.12. The van der Waals surface area contributed by atoms with Crippen molar-refractivity contribution in [2.24, 2.45) is 0 Å². The van der Waals surface area contributed by atoms with Crippen LogP contribution in [0, 0.1) is 6.92 Å². The summed E-state index contributed by atoms with van der Waals surface area (Å²) in [6.45, 7) is 4.88. The van der Waals surface area contributed by atoms with E-state index in [0.717, 1.165) is 39.8 Å². The molecule has 1 N–H and O–H groups in total. The fourth-order valence-corrected chi connectivity index (χ4v) is 5.95. The molecule has 0 bridgehead atoms. The van der Waals surface area contributed by atoms with Gasteiger partial charge in [0.05, 0.1) is 23.9 Å². The first-order valence-electron chi connectivity index (χ1n) is 11.1. The average molecular weight is 454 g/mol. The minimum atomic E-state index is -0.410. The van der Waals surface area contributed by atoms with Gasteiger partial charge in [-0.2, -0.15) is 0 Å². The number of carbonyl (C=O) groups excluding carboxylic acids is 2. The quantitative estimate of drug-likeness (QED) is 0.660. The summed E-state index contributed by atoms with van der Waals surface area (Å²) in [6.07, 6.45) is 4.53. The molecular formula is C25H27NO5S. The first-order chi connectivity index (χ1) is 15.5. The number of hydrogen-bond donors (Lipinski definition) is 1. The molecule has 0 radical (unpaired) electrons. The summed E-state index contributed by atoms with van der Waals surface area (Å²) < 4.78 is 16.9. The number of carbonyl (C=O) groups is 2. The molecule has 168 valence electrons. The Kier molecular flexibility index (Phi) is 5.78. The zero-order valence-corrected chi connectivity index (χ0v) is 19.1. The second-order valence-corrected chi connectivity index (χ2v) is 10.0. The van der Waals surface area contributed by atoms with Gasteiger partial charge in [0.15, 0.2) is 5.78 Å². The molecule has 6 nitrogen and oxygen atoms in total. The van der Waals surface area contributed by atoms with Gasteiger partial charge in [-0.3, -0.25) is 4.79 Å². The Balaban J connectivity index is 1.48. The van der Waals surface area contributed by atoms with Crippen molar-refractivity contribution in [1.29, 1.82) is 0 Å². The van der Waals surface area contributed by atoms with Crippen molar-refractivity contribution in [3.05, 3.63) is 68.6 Å². The van der Waals surface area contributed by atoms with E-state index in [4.69, 9.17) is 13.9 Å². The molecule has 2 aliphatic heterocycles. The number of aryl methyl sites for hydroxylation is 1. The number of dihydropyridines is 1.